The Kier molecular flexibility index (Phi) is 5.15. The molecule has 2 heteroatoms. The highest BCUT2D eigenvalue weighted by molar-refractivity contribution is 5.80. The standard InChI is InChI=1S/C17H24O2/c1-13-9-14(2)11-15(10-13)12-16(18)5-3-6-17-7-4-8-19-17/h9-11,17H,3-8,12H2,1-2H3. The highest BCUT2D eigenvalue weighted by Crippen LogP contribution is 2.18. The minimum Gasteiger partial charge on any atom is -0.378 e. The summed E-state index contributed by atoms with van der Waals surface area (Å²) >= 11 is 0. The Bertz CT molecular complexity index is 411. The first-order valence-electron chi connectivity index (χ1n) is 7.34. The number of rotatable bonds is 6. The second-order valence-corrected chi connectivity index (χ2v) is 5.74. The zero-order valence-corrected chi connectivity index (χ0v) is 12.1. The number of benzene rings is 1. The quantitative estimate of drug-likeness (QED) is 0.778. The molecule has 2 rings (SSSR count). The fraction of sp³-hybridized carbons (Fsp3) is 0.588. The predicted octanol–water partition coefficient (Wildman–Crippen LogP) is 3.76. The van der Waals surface area contributed by atoms with Crippen LogP contribution < -0.4 is 0 Å². The molecule has 1 aliphatic rings. The molecule has 1 aliphatic heterocycles. The molecule has 1 aromatic carbocycles. The zero-order chi connectivity index (χ0) is 13.7. The molecule has 104 valence electrons. The van der Waals surface area contributed by atoms with Gasteiger partial charge in [-0.15, -0.1) is 0 Å². The molecule has 0 aliphatic carbocycles. The smallest absolute Gasteiger partial charge is 0.137 e. The Balaban J connectivity index is 1.74. The van der Waals surface area contributed by atoms with Crippen LogP contribution in [0.1, 0.15) is 48.8 Å². The van der Waals surface area contributed by atoms with Gasteiger partial charge in [0.25, 0.3) is 0 Å². The maximum atomic E-state index is 12.0. The van der Waals surface area contributed by atoms with E-state index in [4.69, 9.17) is 4.74 Å². The van der Waals surface area contributed by atoms with Crippen molar-refractivity contribution in [3.05, 3.63) is 34.9 Å². The molecule has 1 heterocycles. The van der Waals surface area contributed by atoms with Gasteiger partial charge in [-0.05, 0) is 45.1 Å². The summed E-state index contributed by atoms with van der Waals surface area (Å²) in [6.07, 6.45) is 6.04. The molecule has 19 heavy (non-hydrogen) atoms. The van der Waals surface area contributed by atoms with Crippen LogP contribution in [-0.4, -0.2) is 18.5 Å². The Labute approximate surface area is 116 Å². The Morgan fingerprint density at radius 1 is 1.26 bits per heavy atom. The third-order valence-corrected chi connectivity index (χ3v) is 3.69. The van der Waals surface area contributed by atoms with Gasteiger partial charge in [0.15, 0.2) is 0 Å². The molecule has 1 fully saturated rings. The van der Waals surface area contributed by atoms with Gasteiger partial charge in [-0.3, -0.25) is 4.79 Å². The molecule has 0 saturated carbocycles. The van der Waals surface area contributed by atoms with Crippen molar-refractivity contribution in [1.82, 2.24) is 0 Å². The third kappa shape index (κ3) is 4.79. The van der Waals surface area contributed by atoms with Crippen LogP contribution in [0, 0.1) is 13.8 Å². The van der Waals surface area contributed by atoms with E-state index in [0.717, 1.165) is 25.0 Å². The van der Waals surface area contributed by atoms with Crippen molar-refractivity contribution in [2.75, 3.05) is 6.61 Å². The van der Waals surface area contributed by atoms with Crippen molar-refractivity contribution in [3.8, 4) is 0 Å². The number of ketones is 1. The van der Waals surface area contributed by atoms with Crippen molar-refractivity contribution in [3.63, 3.8) is 0 Å². The van der Waals surface area contributed by atoms with E-state index in [1.165, 1.54) is 24.0 Å². The first-order chi connectivity index (χ1) is 9.13. The van der Waals surface area contributed by atoms with E-state index in [-0.39, 0.29) is 0 Å². The lowest BCUT2D eigenvalue weighted by molar-refractivity contribution is -0.118. The largest absolute Gasteiger partial charge is 0.378 e. The first-order valence-corrected chi connectivity index (χ1v) is 7.34. The summed E-state index contributed by atoms with van der Waals surface area (Å²) in [5.74, 6) is 0.350. The maximum Gasteiger partial charge on any atom is 0.137 e. The molecular weight excluding hydrogens is 236 g/mol. The molecule has 0 radical (unpaired) electrons. The van der Waals surface area contributed by atoms with Gasteiger partial charge < -0.3 is 4.74 Å². The summed E-state index contributed by atoms with van der Waals surface area (Å²) in [4.78, 5) is 12.0. The second kappa shape index (κ2) is 6.85. The Morgan fingerprint density at radius 2 is 2.00 bits per heavy atom. The summed E-state index contributed by atoms with van der Waals surface area (Å²) < 4.78 is 5.57. The summed E-state index contributed by atoms with van der Waals surface area (Å²) in [5, 5.41) is 0. The van der Waals surface area contributed by atoms with E-state index in [1.807, 2.05) is 0 Å². The predicted molar refractivity (Wildman–Crippen MR) is 77.5 cm³/mol. The lowest BCUT2D eigenvalue weighted by Gasteiger charge is -2.08. The van der Waals surface area contributed by atoms with E-state index < -0.39 is 0 Å². The van der Waals surface area contributed by atoms with Gasteiger partial charge in [-0.25, -0.2) is 0 Å². The normalized spacial score (nSPS) is 18.7. The van der Waals surface area contributed by atoms with Crippen LogP contribution >= 0.6 is 0 Å². The van der Waals surface area contributed by atoms with Crippen LogP contribution in [0.5, 0.6) is 0 Å². The number of carbonyl (C=O) groups excluding carboxylic acids is 1. The molecule has 1 saturated heterocycles. The molecule has 0 bridgehead atoms. The van der Waals surface area contributed by atoms with Gasteiger partial charge in [-0.2, -0.15) is 0 Å². The molecule has 1 unspecified atom stereocenters. The second-order valence-electron chi connectivity index (χ2n) is 5.74. The first kappa shape index (κ1) is 14.3. The van der Waals surface area contributed by atoms with Crippen LogP contribution in [0.2, 0.25) is 0 Å². The Morgan fingerprint density at radius 3 is 2.63 bits per heavy atom. The van der Waals surface area contributed by atoms with Gasteiger partial charge in [0.1, 0.15) is 5.78 Å². The van der Waals surface area contributed by atoms with E-state index >= 15 is 0 Å². The van der Waals surface area contributed by atoms with Crippen LogP contribution in [0.3, 0.4) is 0 Å². The molecular formula is C17H24O2. The molecule has 1 aromatic rings. The van der Waals surface area contributed by atoms with Gasteiger partial charge in [0.05, 0.1) is 6.10 Å². The maximum absolute atomic E-state index is 12.0. The molecule has 0 aromatic heterocycles. The minimum absolute atomic E-state index is 0.350. The van der Waals surface area contributed by atoms with Crippen LogP contribution in [0.4, 0.5) is 0 Å². The summed E-state index contributed by atoms with van der Waals surface area (Å²) in [7, 11) is 0. The van der Waals surface area contributed by atoms with Crippen molar-refractivity contribution in [2.24, 2.45) is 0 Å². The lowest BCUT2D eigenvalue weighted by atomic mass is 10.00. The number of carbonyl (C=O) groups is 1. The van der Waals surface area contributed by atoms with Gasteiger partial charge in [-0.1, -0.05) is 29.3 Å². The number of Topliss-reactive ketones (excluding diaryl/α,β-unsaturated/α-hetero) is 1. The number of ether oxygens (including phenoxy) is 1. The Hall–Kier alpha value is -1.15. The van der Waals surface area contributed by atoms with E-state index in [2.05, 4.69) is 32.0 Å². The number of hydrogen-bond acceptors (Lipinski definition) is 2. The fourth-order valence-electron chi connectivity index (χ4n) is 2.89. The lowest BCUT2D eigenvalue weighted by Crippen LogP contribution is -2.08. The average Bonchev–Trinajstić information content (AvgIpc) is 2.80. The van der Waals surface area contributed by atoms with Crippen molar-refractivity contribution in [2.45, 2.75) is 58.5 Å². The average molecular weight is 260 g/mol. The molecule has 2 nitrogen and oxygen atoms in total. The van der Waals surface area contributed by atoms with Crippen LogP contribution in [0.25, 0.3) is 0 Å². The molecule has 1 atom stereocenters. The molecule has 0 spiro atoms. The van der Waals surface area contributed by atoms with Crippen molar-refractivity contribution >= 4 is 5.78 Å². The molecule has 0 amide bonds. The summed E-state index contributed by atoms with van der Waals surface area (Å²) in [6.45, 7) is 5.07. The molecule has 0 N–H and O–H groups in total. The number of aryl methyl sites for hydroxylation is 2. The van der Waals surface area contributed by atoms with E-state index in [1.54, 1.807) is 0 Å². The van der Waals surface area contributed by atoms with Crippen LogP contribution in [-0.2, 0) is 16.0 Å². The SMILES string of the molecule is Cc1cc(C)cc(CC(=O)CCCC2CCCO2)c1. The summed E-state index contributed by atoms with van der Waals surface area (Å²) in [6, 6.07) is 6.38. The summed E-state index contributed by atoms with van der Waals surface area (Å²) in [5.41, 5.74) is 3.63. The monoisotopic (exact) mass is 260 g/mol. The van der Waals surface area contributed by atoms with Gasteiger partial charge in [0.2, 0.25) is 0 Å². The van der Waals surface area contributed by atoms with Gasteiger partial charge >= 0.3 is 0 Å². The highest BCUT2D eigenvalue weighted by atomic mass is 16.5. The minimum atomic E-state index is 0.350. The van der Waals surface area contributed by atoms with Crippen molar-refractivity contribution < 1.29 is 9.53 Å². The highest BCUT2D eigenvalue weighted by Gasteiger charge is 2.15. The van der Waals surface area contributed by atoms with E-state index in [9.17, 15) is 4.79 Å². The fourth-order valence-corrected chi connectivity index (χ4v) is 2.89. The van der Waals surface area contributed by atoms with E-state index in [0.29, 0.717) is 24.7 Å². The number of hydrogen-bond donors (Lipinski definition) is 0. The third-order valence-electron chi connectivity index (χ3n) is 3.69. The van der Waals surface area contributed by atoms with Crippen LogP contribution in [0.15, 0.2) is 18.2 Å². The topological polar surface area (TPSA) is 26.3 Å². The zero-order valence-electron chi connectivity index (χ0n) is 12.1. The van der Waals surface area contributed by atoms with Gasteiger partial charge in [0, 0.05) is 19.4 Å². The van der Waals surface area contributed by atoms with Crippen molar-refractivity contribution in [1.29, 1.82) is 0 Å².